The van der Waals surface area contributed by atoms with Crippen LogP contribution in [0.2, 0.25) is 0 Å². The Bertz CT molecular complexity index is 579. The zero-order valence-electron chi connectivity index (χ0n) is 10.9. The molecule has 0 fully saturated rings. The van der Waals surface area contributed by atoms with Crippen molar-refractivity contribution < 1.29 is 4.79 Å². The molecule has 7 nitrogen and oxygen atoms in total. The van der Waals surface area contributed by atoms with Crippen LogP contribution in [0.1, 0.15) is 16.3 Å². The number of nitrogens with zero attached hydrogens (tertiary/aromatic N) is 4. The summed E-state index contributed by atoms with van der Waals surface area (Å²) in [6.45, 7) is 0.421. The summed E-state index contributed by atoms with van der Waals surface area (Å²) in [6.07, 6.45) is 5.08. The van der Waals surface area contributed by atoms with Gasteiger partial charge in [0.2, 0.25) is 0 Å². The number of carbonyl (C=O) groups excluding carboxylic acids is 1. The summed E-state index contributed by atoms with van der Waals surface area (Å²) in [7, 11) is 3.60. The Morgan fingerprint density at radius 3 is 2.89 bits per heavy atom. The molecular formula is C12H16N6O. The number of nitrogen functional groups attached to an aromatic ring is 1. The lowest BCUT2D eigenvalue weighted by atomic mass is 10.3. The number of anilines is 1. The number of pyridine rings is 1. The van der Waals surface area contributed by atoms with E-state index in [0.29, 0.717) is 17.9 Å². The van der Waals surface area contributed by atoms with Gasteiger partial charge in [0.25, 0.3) is 5.91 Å². The first-order valence-corrected chi connectivity index (χ1v) is 5.76. The van der Waals surface area contributed by atoms with Crippen LogP contribution in [0.15, 0.2) is 30.7 Å². The molecule has 0 atom stereocenters. The van der Waals surface area contributed by atoms with Crippen molar-refractivity contribution >= 4 is 11.6 Å². The lowest BCUT2D eigenvalue weighted by Gasteiger charge is -2.16. The fraction of sp³-hybridized carbons (Fsp3) is 0.250. The van der Waals surface area contributed by atoms with Crippen LogP contribution >= 0.6 is 0 Å². The minimum Gasteiger partial charge on any atom is -0.337 e. The Labute approximate surface area is 111 Å². The van der Waals surface area contributed by atoms with Gasteiger partial charge in [-0.15, -0.1) is 0 Å². The predicted molar refractivity (Wildman–Crippen MR) is 71.1 cm³/mol. The number of aryl methyl sites for hydroxylation is 1. The molecule has 2 rings (SSSR count). The molecule has 100 valence electrons. The van der Waals surface area contributed by atoms with Gasteiger partial charge in [-0.2, -0.15) is 0 Å². The molecule has 0 aliphatic carbocycles. The van der Waals surface area contributed by atoms with Gasteiger partial charge in [0.15, 0.2) is 0 Å². The maximum Gasteiger partial charge on any atom is 0.272 e. The Balaban J connectivity index is 2.12. The van der Waals surface area contributed by atoms with Crippen molar-refractivity contribution in [3.63, 3.8) is 0 Å². The number of carbonyl (C=O) groups is 1. The first-order chi connectivity index (χ1) is 9.11. The molecule has 0 bridgehead atoms. The van der Waals surface area contributed by atoms with Crippen LogP contribution in [0.25, 0.3) is 0 Å². The van der Waals surface area contributed by atoms with E-state index >= 15 is 0 Å². The molecule has 3 N–H and O–H groups in total. The second-order valence-electron chi connectivity index (χ2n) is 4.19. The Morgan fingerprint density at radius 2 is 2.26 bits per heavy atom. The number of hydrogen-bond donors (Lipinski definition) is 2. The van der Waals surface area contributed by atoms with E-state index in [2.05, 4.69) is 15.4 Å². The third-order valence-electron chi connectivity index (χ3n) is 2.79. The van der Waals surface area contributed by atoms with E-state index < -0.39 is 0 Å². The van der Waals surface area contributed by atoms with Gasteiger partial charge in [0.05, 0.1) is 12.2 Å². The van der Waals surface area contributed by atoms with Gasteiger partial charge in [-0.25, -0.2) is 4.98 Å². The number of amides is 1. The molecule has 2 aromatic heterocycles. The molecule has 19 heavy (non-hydrogen) atoms. The van der Waals surface area contributed by atoms with Gasteiger partial charge in [-0.3, -0.25) is 15.6 Å². The van der Waals surface area contributed by atoms with Crippen LogP contribution in [0.4, 0.5) is 5.69 Å². The van der Waals surface area contributed by atoms with Gasteiger partial charge >= 0.3 is 0 Å². The van der Waals surface area contributed by atoms with E-state index in [0.717, 1.165) is 5.82 Å². The number of imidazole rings is 1. The zero-order valence-corrected chi connectivity index (χ0v) is 10.9. The molecule has 0 aromatic carbocycles. The third-order valence-corrected chi connectivity index (χ3v) is 2.79. The quantitative estimate of drug-likeness (QED) is 0.612. The van der Waals surface area contributed by atoms with Crippen LogP contribution in [0, 0.1) is 0 Å². The largest absolute Gasteiger partial charge is 0.337 e. The molecule has 0 unspecified atom stereocenters. The van der Waals surface area contributed by atoms with Crippen LogP contribution < -0.4 is 11.3 Å². The van der Waals surface area contributed by atoms with Crippen LogP contribution in [0.3, 0.4) is 0 Å². The average Bonchev–Trinajstić information content (AvgIpc) is 2.83. The highest BCUT2D eigenvalue weighted by molar-refractivity contribution is 5.92. The van der Waals surface area contributed by atoms with Crippen molar-refractivity contribution in [2.75, 3.05) is 12.5 Å². The third kappa shape index (κ3) is 2.89. The molecule has 0 saturated heterocycles. The summed E-state index contributed by atoms with van der Waals surface area (Å²) >= 11 is 0. The minimum atomic E-state index is -0.180. The Hall–Kier alpha value is -2.41. The van der Waals surface area contributed by atoms with Crippen molar-refractivity contribution in [3.05, 3.63) is 42.2 Å². The van der Waals surface area contributed by atoms with Gasteiger partial charge < -0.3 is 14.9 Å². The molecule has 0 radical (unpaired) electrons. The van der Waals surface area contributed by atoms with E-state index in [1.54, 1.807) is 30.3 Å². The lowest BCUT2D eigenvalue weighted by molar-refractivity contribution is 0.0775. The molecule has 7 heteroatoms. The van der Waals surface area contributed by atoms with Gasteiger partial charge in [-0.05, 0) is 12.1 Å². The summed E-state index contributed by atoms with van der Waals surface area (Å²) in [4.78, 5) is 22.0. The maximum atomic E-state index is 12.2. The molecule has 1 amide bonds. The first kappa shape index (κ1) is 13.0. The monoisotopic (exact) mass is 260 g/mol. The normalized spacial score (nSPS) is 10.3. The topological polar surface area (TPSA) is 89.1 Å². The number of nitrogens with two attached hydrogens (primary N) is 1. The number of hydrazine groups is 1. The summed E-state index contributed by atoms with van der Waals surface area (Å²) in [5.74, 6) is 5.94. The molecular weight excluding hydrogens is 244 g/mol. The second-order valence-corrected chi connectivity index (χ2v) is 4.19. The van der Waals surface area contributed by atoms with Gasteiger partial charge in [0, 0.05) is 32.7 Å². The fourth-order valence-corrected chi connectivity index (χ4v) is 1.67. The number of nitrogens with one attached hydrogen (secondary N) is 1. The van der Waals surface area contributed by atoms with E-state index in [9.17, 15) is 4.79 Å². The SMILES string of the molecule is CN(Cc1nccn1C)C(=O)c1cc(NN)ccn1. The Kier molecular flexibility index (Phi) is 3.76. The van der Waals surface area contributed by atoms with Crippen LogP contribution in [-0.2, 0) is 13.6 Å². The zero-order chi connectivity index (χ0) is 13.8. The van der Waals surface area contributed by atoms with Crippen molar-refractivity contribution in [3.8, 4) is 0 Å². The van der Waals surface area contributed by atoms with E-state index in [4.69, 9.17) is 5.84 Å². The highest BCUT2D eigenvalue weighted by Crippen LogP contribution is 2.09. The van der Waals surface area contributed by atoms with Gasteiger partial charge in [-0.1, -0.05) is 0 Å². The lowest BCUT2D eigenvalue weighted by Crippen LogP contribution is -2.28. The van der Waals surface area contributed by atoms with Crippen molar-refractivity contribution in [1.82, 2.24) is 19.4 Å². The second kappa shape index (κ2) is 5.49. The molecule has 0 aliphatic rings. The van der Waals surface area contributed by atoms with Crippen LogP contribution in [-0.4, -0.2) is 32.4 Å². The van der Waals surface area contributed by atoms with Crippen molar-refractivity contribution in [1.29, 1.82) is 0 Å². The Morgan fingerprint density at radius 1 is 1.47 bits per heavy atom. The first-order valence-electron chi connectivity index (χ1n) is 5.76. The molecule has 0 spiro atoms. The number of hydrogen-bond acceptors (Lipinski definition) is 5. The summed E-state index contributed by atoms with van der Waals surface area (Å²) < 4.78 is 1.87. The molecule has 2 aromatic rings. The van der Waals surface area contributed by atoms with Crippen molar-refractivity contribution in [2.45, 2.75) is 6.54 Å². The summed E-state index contributed by atoms with van der Waals surface area (Å²) in [6, 6.07) is 3.30. The standard InChI is InChI=1S/C12H16N6O/c1-17-6-5-15-11(17)8-18(2)12(19)10-7-9(16-13)3-4-14-10/h3-7H,8,13H2,1-2H3,(H,14,16). The summed E-state index contributed by atoms with van der Waals surface area (Å²) in [5, 5.41) is 0. The minimum absolute atomic E-state index is 0.180. The molecule has 2 heterocycles. The highest BCUT2D eigenvalue weighted by Gasteiger charge is 2.15. The van der Waals surface area contributed by atoms with E-state index in [-0.39, 0.29) is 5.91 Å². The number of rotatable bonds is 4. The fourth-order valence-electron chi connectivity index (χ4n) is 1.67. The van der Waals surface area contributed by atoms with E-state index in [1.165, 1.54) is 6.20 Å². The van der Waals surface area contributed by atoms with E-state index in [1.807, 2.05) is 17.8 Å². The highest BCUT2D eigenvalue weighted by atomic mass is 16.2. The van der Waals surface area contributed by atoms with Crippen molar-refractivity contribution in [2.24, 2.45) is 12.9 Å². The maximum absolute atomic E-state index is 12.2. The number of aromatic nitrogens is 3. The summed E-state index contributed by atoms with van der Waals surface area (Å²) in [5.41, 5.74) is 3.47. The molecule has 0 aliphatic heterocycles. The molecule has 0 saturated carbocycles. The average molecular weight is 260 g/mol. The van der Waals surface area contributed by atoms with Crippen LogP contribution in [0.5, 0.6) is 0 Å². The predicted octanol–water partition coefficient (Wildman–Crippen LogP) is 0.373. The smallest absolute Gasteiger partial charge is 0.272 e. The van der Waals surface area contributed by atoms with Gasteiger partial charge in [0.1, 0.15) is 11.5 Å².